The summed E-state index contributed by atoms with van der Waals surface area (Å²) in [7, 11) is 1.62. The molecule has 2 N–H and O–H groups in total. The van der Waals surface area contributed by atoms with Crippen molar-refractivity contribution in [3.8, 4) is 5.75 Å². The van der Waals surface area contributed by atoms with E-state index in [0.29, 0.717) is 13.1 Å². The Balaban J connectivity index is 1.80. The van der Waals surface area contributed by atoms with Gasteiger partial charge in [-0.3, -0.25) is 4.79 Å². The third-order valence-electron chi connectivity index (χ3n) is 5.20. The molecule has 3 amide bonds. The van der Waals surface area contributed by atoms with E-state index >= 15 is 0 Å². The van der Waals surface area contributed by atoms with Crippen LogP contribution in [0, 0.1) is 12.8 Å². The maximum atomic E-state index is 12.9. The van der Waals surface area contributed by atoms with Crippen molar-refractivity contribution in [3.63, 3.8) is 0 Å². The monoisotopic (exact) mass is 395 g/mol. The highest BCUT2D eigenvalue weighted by atomic mass is 16.5. The number of methoxy groups -OCH3 is 1. The average molecular weight is 396 g/mol. The SMILES string of the molecule is COc1cccc([C@@H]2CN(C(=O)Nc3ccc(C)cc3)C[C@H]2C(=O)NC(C)C)c1. The summed E-state index contributed by atoms with van der Waals surface area (Å²) in [5, 5.41) is 5.94. The van der Waals surface area contributed by atoms with E-state index in [-0.39, 0.29) is 29.8 Å². The normalized spacial score (nSPS) is 18.6. The van der Waals surface area contributed by atoms with Crippen molar-refractivity contribution < 1.29 is 14.3 Å². The van der Waals surface area contributed by atoms with Crippen LogP contribution < -0.4 is 15.4 Å². The summed E-state index contributed by atoms with van der Waals surface area (Å²) in [5.41, 5.74) is 2.88. The van der Waals surface area contributed by atoms with Gasteiger partial charge in [0.15, 0.2) is 0 Å². The molecule has 0 bridgehead atoms. The fraction of sp³-hybridized carbons (Fsp3) is 0.391. The molecule has 6 heteroatoms. The Hall–Kier alpha value is -3.02. The van der Waals surface area contributed by atoms with Gasteiger partial charge in [-0.1, -0.05) is 29.8 Å². The standard InChI is InChI=1S/C23H29N3O3/c1-15(2)24-22(27)21-14-26(23(28)25-18-10-8-16(3)9-11-18)13-20(21)17-6-5-7-19(12-17)29-4/h5-12,15,20-21H,13-14H2,1-4H3,(H,24,27)(H,25,28)/t20-,21+/m0/s1. The van der Waals surface area contributed by atoms with E-state index in [1.54, 1.807) is 12.0 Å². The molecule has 1 saturated heterocycles. The zero-order valence-electron chi connectivity index (χ0n) is 17.4. The Bertz CT molecular complexity index is 864. The predicted octanol–water partition coefficient (Wildman–Crippen LogP) is 3.78. The maximum absolute atomic E-state index is 12.9. The van der Waals surface area contributed by atoms with Gasteiger partial charge in [-0.15, -0.1) is 0 Å². The molecule has 1 aliphatic heterocycles. The second-order valence-electron chi connectivity index (χ2n) is 7.85. The fourth-order valence-electron chi connectivity index (χ4n) is 3.68. The predicted molar refractivity (Wildman–Crippen MR) is 114 cm³/mol. The number of benzene rings is 2. The van der Waals surface area contributed by atoms with E-state index in [0.717, 1.165) is 22.6 Å². The number of rotatable bonds is 5. The summed E-state index contributed by atoms with van der Waals surface area (Å²) >= 11 is 0. The molecule has 0 aliphatic carbocycles. The second kappa shape index (κ2) is 8.99. The molecular formula is C23H29N3O3. The quantitative estimate of drug-likeness (QED) is 0.809. The lowest BCUT2D eigenvalue weighted by Gasteiger charge is -2.20. The smallest absolute Gasteiger partial charge is 0.321 e. The van der Waals surface area contributed by atoms with Gasteiger partial charge in [-0.05, 0) is 50.6 Å². The summed E-state index contributed by atoms with van der Waals surface area (Å²) in [6.45, 7) is 6.73. The number of likely N-dealkylation sites (tertiary alicyclic amines) is 1. The number of nitrogens with one attached hydrogen (secondary N) is 2. The highest BCUT2D eigenvalue weighted by Gasteiger charge is 2.40. The van der Waals surface area contributed by atoms with Crippen molar-refractivity contribution in [1.29, 1.82) is 0 Å². The second-order valence-corrected chi connectivity index (χ2v) is 7.85. The molecule has 1 heterocycles. The number of carbonyl (C=O) groups excluding carboxylic acids is 2. The highest BCUT2D eigenvalue weighted by Crippen LogP contribution is 2.34. The van der Waals surface area contributed by atoms with Crippen molar-refractivity contribution in [2.24, 2.45) is 5.92 Å². The van der Waals surface area contributed by atoms with E-state index in [1.807, 2.05) is 69.3 Å². The summed E-state index contributed by atoms with van der Waals surface area (Å²) in [5.74, 6) is 0.312. The molecule has 2 atom stereocenters. The van der Waals surface area contributed by atoms with Gasteiger partial charge in [0.2, 0.25) is 5.91 Å². The van der Waals surface area contributed by atoms with Crippen LogP contribution in [0.25, 0.3) is 0 Å². The first-order valence-corrected chi connectivity index (χ1v) is 9.94. The number of anilines is 1. The number of aryl methyl sites for hydroxylation is 1. The molecule has 0 spiro atoms. The van der Waals surface area contributed by atoms with E-state index in [2.05, 4.69) is 10.6 Å². The molecule has 0 radical (unpaired) electrons. The summed E-state index contributed by atoms with van der Waals surface area (Å²) < 4.78 is 5.34. The molecule has 29 heavy (non-hydrogen) atoms. The van der Waals surface area contributed by atoms with Crippen LogP contribution in [0.15, 0.2) is 48.5 Å². The number of carbonyl (C=O) groups is 2. The topological polar surface area (TPSA) is 70.7 Å². The van der Waals surface area contributed by atoms with Gasteiger partial charge in [0.05, 0.1) is 13.0 Å². The molecule has 154 valence electrons. The van der Waals surface area contributed by atoms with E-state index in [1.165, 1.54) is 0 Å². The van der Waals surface area contributed by atoms with Crippen molar-refractivity contribution in [3.05, 3.63) is 59.7 Å². The number of hydrogen-bond donors (Lipinski definition) is 2. The lowest BCUT2D eigenvalue weighted by Crippen LogP contribution is -2.39. The van der Waals surface area contributed by atoms with Crippen molar-refractivity contribution in [2.75, 3.05) is 25.5 Å². The Morgan fingerprint density at radius 3 is 2.48 bits per heavy atom. The van der Waals surface area contributed by atoms with Crippen LogP contribution in [0.1, 0.15) is 30.9 Å². The van der Waals surface area contributed by atoms with Crippen LogP contribution in [0.4, 0.5) is 10.5 Å². The van der Waals surface area contributed by atoms with E-state index in [4.69, 9.17) is 4.74 Å². The third-order valence-corrected chi connectivity index (χ3v) is 5.20. The minimum absolute atomic E-state index is 0.0292. The first-order valence-electron chi connectivity index (χ1n) is 9.94. The zero-order chi connectivity index (χ0) is 21.0. The Labute approximate surface area is 172 Å². The van der Waals surface area contributed by atoms with Crippen molar-refractivity contribution in [2.45, 2.75) is 32.7 Å². The summed E-state index contributed by atoms with van der Waals surface area (Å²) in [6, 6.07) is 15.3. The van der Waals surface area contributed by atoms with Crippen molar-refractivity contribution in [1.82, 2.24) is 10.2 Å². The van der Waals surface area contributed by atoms with Gasteiger partial charge in [0.25, 0.3) is 0 Å². The minimum Gasteiger partial charge on any atom is -0.497 e. The first-order chi connectivity index (χ1) is 13.9. The molecular weight excluding hydrogens is 366 g/mol. The van der Waals surface area contributed by atoms with Gasteiger partial charge in [-0.2, -0.15) is 0 Å². The molecule has 6 nitrogen and oxygen atoms in total. The van der Waals surface area contributed by atoms with Crippen LogP contribution in [0.3, 0.4) is 0 Å². The van der Waals surface area contributed by atoms with Crippen LogP contribution >= 0.6 is 0 Å². The molecule has 0 unspecified atom stereocenters. The lowest BCUT2D eigenvalue weighted by atomic mass is 9.88. The Morgan fingerprint density at radius 2 is 1.83 bits per heavy atom. The van der Waals surface area contributed by atoms with Crippen molar-refractivity contribution >= 4 is 17.6 Å². The van der Waals surface area contributed by atoms with Gasteiger partial charge in [0, 0.05) is 30.7 Å². The number of hydrogen-bond acceptors (Lipinski definition) is 3. The van der Waals surface area contributed by atoms with Gasteiger partial charge in [0.1, 0.15) is 5.75 Å². The van der Waals surface area contributed by atoms with Crippen LogP contribution in [-0.4, -0.2) is 43.1 Å². The maximum Gasteiger partial charge on any atom is 0.321 e. The number of amides is 3. The van der Waals surface area contributed by atoms with Crippen LogP contribution in [0.2, 0.25) is 0 Å². The first kappa shape index (κ1) is 20.7. The van der Waals surface area contributed by atoms with Crippen LogP contribution in [-0.2, 0) is 4.79 Å². The average Bonchev–Trinajstić information content (AvgIpc) is 3.15. The van der Waals surface area contributed by atoms with E-state index in [9.17, 15) is 9.59 Å². The molecule has 1 fully saturated rings. The molecule has 3 rings (SSSR count). The molecule has 0 saturated carbocycles. The number of nitrogens with zero attached hydrogens (tertiary/aromatic N) is 1. The lowest BCUT2D eigenvalue weighted by molar-refractivity contribution is -0.125. The molecule has 2 aromatic rings. The number of ether oxygens (including phenoxy) is 1. The van der Waals surface area contributed by atoms with Gasteiger partial charge < -0.3 is 20.3 Å². The minimum atomic E-state index is -0.312. The number of urea groups is 1. The molecule has 2 aromatic carbocycles. The van der Waals surface area contributed by atoms with E-state index < -0.39 is 0 Å². The summed E-state index contributed by atoms with van der Waals surface area (Å²) in [4.78, 5) is 27.4. The van der Waals surface area contributed by atoms with Gasteiger partial charge >= 0.3 is 6.03 Å². The Kier molecular flexibility index (Phi) is 6.42. The molecule has 1 aliphatic rings. The summed E-state index contributed by atoms with van der Waals surface area (Å²) in [6.07, 6.45) is 0. The van der Waals surface area contributed by atoms with Gasteiger partial charge in [-0.25, -0.2) is 4.79 Å². The molecule has 0 aromatic heterocycles. The largest absolute Gasteiger partial charge is 0.497 e. The highest BCUT2D eigenvalue weighted by molar-refractivity contribution is 5.91. The third kappa shape index (κ3) is 5.08. The van der Waals surface area contributed by atoms with Crippen LogP contribution in [0.5, 0.6) is 5.75 Å². The fourth-order valence-corrected chi connectivity index (χ4v) is 3.68. The Morgan fingerprint density at radius 1 is 1.10 bits per heavy atom. The zero-order valence-corrected chi connectivity index (χ0v) is 17.4.